The molecule has 1 atom stereocenters. The Balaban J connectivity index is 2.82. The second-order valence-electron chi connectivity index (χ2n) is 2.61. The van der Waals surface area contributed by atoms with E-state index in [1.807, 2.05) is 6.07 Å². The summed E-state index contributed by atoms with van der Waals surface area (Å²) in [4.78, 5) is 0. The molecule has 0 bridgehead atoms. The van der Waals surface area contributed by atoms with E-state index in [0.29, 0.717) is 5.75 Å². The Hall–Kier alpha value is -1.56. The van der Waals surface area contributed by atoms with Crippen LogP contribution in [0.5, 0.6) is 5.75 Å². The molecule has 1 aromatic carbocycles. The SMILES string of the molecule is COc1ccccc1CC(F)C#N. The van der Waals surface area contributed by atoms with Gasteiger partial charge in [-0.1, -0.05) is 18.2 Å². The molecule has 3 heteroatoms. The number of nitrogens with zero attached hydrogens (tertiary/aromatic N) is 1. The van der Waals surface area contributed by atoms with E-state index in [1.165, 1.54) is 7.11 Å². The van der Waals surface area contributed by atoms with Gasteiger partial charge in [0.15, 0.2) is 6.17 Å². The van der Waals surface area contributed by atoms with Crippen molar-refractivity contribution in [3.8, 4) is 11.8 Å². The van der Waals surface area contributed by atoms with Gasteiger partial charge >= 0.3 is 0 Å². The van der Waals surface area contributed by atoms with Crippen molar-refractivity contribution in [2.24, 2.45) is 0 Å². The predicted molar refractivity (Wildman–Crippen MR) is 47.2 cm³/mol. The minimum atomic E-state index is -1.46. The Labute approximate surface area is 76.6 Å². The molecule has 0 aliphatic heterocycles. The van der Waals surface area contributed by atoms with Crippen molar-refractivity contribution in [3.63, 3.8) is 0 Å². The number of alkyl halides is 1. The van der Waals surface area contributed by atoms with E-state index < -0.39 is 6.17 Å². The number of hydrogen-bond donors (Lipinski definition) is 0. The first-order valence-corrected chi connectivity index (χ1v) is 3.93. The topological polar surface area (TPSA) is 33.0 Å². The van der Waals surface area contributed by atoms with Gasteiger partial charge in [0.1, 0.15) is 11.8 Å². The molecule has 0 aliphatic carbocycles. The molecule has 0 N–H and O–H groups in total. The second kappa shape index (κ2) is 4.46. The highest BCUT2D eigenvalue weighted by molar-refractivity contribution is 5.34. The molecule has 0 heterocycles. The predicted octanol–water partition coefficient (Wildman–Crippen LogP) is 2.10. The van der Waals surface area contributed by atoms with Gasteiger partial charge in [0, 0.05) is 6.42 Å². The summed E-state index contributed by atoms with van der Waals surface area (Å²) in [6.45, 7) is 0. The van der Waals surface area contributed by atoms with Crippen LogP contribution in [0.25, 0.3) is 0 Å². The van der Waals surface area contributed by atoms with Crippen molar-refractivity contribution in [1.82, 2.24) is 0 Å². The summed E-state index contributed by atoms with van der Waals surface area (Å²) in [5.74, 6) is 0.625. The van der Waals surface area contributed by atoms with Crippen LogP contribution in [0.1, 0.15) is 5.56 Å². The van der Waals surface area contributed by atoms with Gasteiger partial charge in [-0.25, -0.2) is 4.39 Å². The summed E-state index contributed by atoms with van der Waals surface area (Å²) in [6, 6.07) is 8.65. The third-order valence-corrected chi connectivity index (χ3v) is 1.73. The number of para-hydroxylation sites is 1. The van der Waals surface area contributed by atoms with Crippen molar-refractivity contribution in [2.45, 2.75) is 12.6 Å². The van der Waals surface area contributed by atoms with Crippen LogP contribution in [0.15, 0.2) is 24.3 Å². The van der Waals surface area contributed by atoms with Crippen LogP contribution in [-0.2, 0) is 6.42 Å². The number of halogens is 1. The minimum absolute atomic E-state index is 0.0838. The number of hydrogen-bond acceptors (Lipinski definition) is 2. The van der Waals surface area contributed by atoms with Crippen LogP contribution < -0.4 is 4.74 Å². The molecule has 0 fully saturated rings. The maximum absolute atomic E-state index is 12.7. The molecular formula is C10H10FNO. The molecule has 2 nitrogen and oxygen atoms in total. The quantitative estimate of drug-likeness (QED) is 0.711. The molecule has 0 aromatic heterocycles. The van der Waals surface area contributed by atoms with Gasteiger partial charge in [0.2, 0.25) is 0 Å². The fraction of sp³-hybridized carbons (Fsp3) is 0.300. The largest absolute Gasteiger partial charge is 0.496 e. The lowest BCUT2D eigenvalue weighted by Gasteiger charge is -2.06. The van der Waals surface area contributed by atoms with Gasteiger partial charge in [-0.3, -0.25) is 0 Å². The van der Waals surface area contributed by atoms with E-state index in [-0.39, 0.29) is 6.42 Å². The zero-order valence-corrected chi connectivity index (χ0v) is 7.33. The molecule has 1 unspecified atom stereocenters. The summed E-state index contributed by atoms with van der Waals surface area (Å²) in [5, 5.41) is 8.29. The van der Waals surface area contributed by atoms with Crippen molar-refractivity contribution < 1.29 is 9.13 Å². The van der Waals surface area contributed by atoms with Crippen molar-refractivity contribution in [2.75, 3.05) is 7.11 Å². The minimum Gasteiger partial charge on any atom is -0.496 e. The third-order valence-electron chi connectivity index (χ3n) is 1.73. The van der Waals surface area contributed by atoms with Crippen molar-refractivity contribution >= 4 is 0 Å². The van der Waals surface area contributed by atoms with Gasteiger partial charge < -0.3 is 4.74 Å². The van der Waals surface area contributed by atoms with Crippen LogP contribution in [0.3, 0.4) is 0 Å². The average molecular weight is 179 g/mol. The average Bonchev–Trinajstić information content (AvgIpc) is 2.18. The number of methoxy groups -OCH3 is 1. The molecule has 0 radical (unpaired) electrons. The molecule has 0 spiro atoms. The highest BCUT2D eigenvalue weighted by Gasteiger charge is 2.09. The van der Waals surface area contributed by atoms with Crippen LogP contribution >= 0.6 is 0 Å². The second-order valence-corrected chi connectivity index (χ2v) is 2.61. The van der Waals surface area contributed by atoms with Crippen LogP contribution in [0.4, 0.5) is 4.39 Å². The van der Waals surface area contributed by atoms with Gasteiger partial charge in [0.25, 0.3) is 0 Å². The standard InChI is InChI=1S/C10H10FNO/c1-13-10-5-3-2-4-8(10)6-9(11)7-12/h2-5,9H,6H2,1H3. The van der Waals surface area contributed by atoms with Gasteiger partial charge in [-0.2, -0.15) is 5.26 Å². The molecular weight excluding hydrogens is 169 g/mol. The van der Waals surface area contributed by atoms with Crippen LogP contribution in [-0.4, -0.2) is 13.3 Å². The Kier molecular flexibility index (Phi) is 3.27. The lowest BCUT2D eigenvalue weighted by atomic mass is 10.1. The summed E-state index contributed by atoms with van der Waals surface area (Å²) >= 11 is 0. The number of benzene rings is 1. The molecule has 0 saturated heterocycles. The lowest BCUT2D eigenvalue weighted by Crippen LogP contribution is -2.02. The summed E-state index contributed by atoms with van der Waals surface area (Å²) in [6.07, 6.45) is -1.38. The highest BCUT2D eigenvalue weighted by Crippen LogP contribution is 2.19. The molecule has 0 amide bonds. The maximum Gasteiger partial charge on any atom is 0.190 e. The molecule has 68 valence electrons. The third kappa shape index (κ3) is 2.45. The Morgan fingerprint density at radius 1 is 1.54 bits per heavy atom. The lowest BCUT2D eigenvalue weighted by molar-refractivity contribution is 0.384. The van der Waals surface area contributed by atoms with Crippen LogP contribution in [0, 0.1) is 11.3 Å². The summed E-state index contributed by atoms with van der Waals surface area (Å²) in [5.41, 5.74) is 0.721. The first kappa shape index (κ1) is 9.53. The fourth-order valence-corrected chi connectivity index (χ4v) is 1.11. The van der Waals surface area contributed by atoms with E-state index in [9.17, 15) is 4.39 Å². The summed E-state index contributed by atoms with van der Waals surface area (Å²) < 4.78 is 17.7. The zero-order chi connectivity index (χ0) is 9.68. The van der Waals surface area contributed by atoms with Crippen molar-refractivity contribution in [3.05, 3.63) is 29.8 Å². The highest BCUT2D eigenvalue weighted by atomic mass is 19.1. The molecule has 0 saturated carbocycles. The van der Waals surface area contributed by atoms with Crippen LogP contribution in [0.2, 0.25) is 0 Å². The first-order chi connectivity index (χ1) is 6.27. The van der Waals surface area contributed by atoms with E-state index in [0.717, 1.165) is 5.56 Å². The van der Waals surface area contributed by atoms with E-state index in [4.69, 9.17) is 10.00 Å². The van der Waals surface area contributed by atoms with E-state index in [2.05, 4.69) is 0 Å². The normalized spacial score (nSPS) is 11.8. The fourth-order valence-electron chi connectivity index (χ4n) is 1.11. The summed E-state index contributed by atoms with van der Waals surface area (Å²) in [7, 11) is 1.53. The number of nitriles is 1. The van der Waals surface area contributed by atoms with E-state index in [1.54, 1.807) is 24.3 Å². The Bertz CT molecular complexity index is 319. The molecule has 0 aliphatic rings. The maximum atomic E-state index is 12.7. The first-order valence-electron chi connectivity index (χ1n) is 3.93. The van der Waals surface area contributed by atoms with Crippen molar-refractivity contribution in [1.29, 1.82) is 5.26 Å². The van der Waals surface area contributed by atoms with Gasteiger partial charge in [-0.15, -0.1) is 0 Å². The molecule has 1 rings (SSSR count). The van der Waals surface area contributed by atoms with Gasteiger partial charge in [-0.05, 0) is 11.6 Å². The Morgan fingerprint density at radius 3 is 2.85 bits per heavy atom. The zero-order valence-electron chi connectivity index (χ0n) is 7.33. The van der Waals surface area contributed by atoms with E-state index >= 15 is 0 Å². The molecule has 1 aromatic rings. The number of ether oxygens (including phenoxy) is 1. The van der Waals surface area contributed by atoms with Gasteiger partial charge in [0.05, 0.1) is 7.11 Å². The monoisotopic (exact) mass is 179 g/mol. The smallest absolute Gasteiger partial charge is 0.190 e. The number of rotatable bonds is 3. The molecule has 13 heavy (non-hydrogen) atoms. The Morgan fingerprint density at radius 2 is 2.23 bits per heavy atom.